The molecule has 25 heavy (non-hydrogen) atoms. The second-order valence-corrected chi connectivity index (χ2v) is 6.22. The van der Waals surface area contributed by atoms with Crippen LogP contribution in [0.1, 0.15) is 44.3 Å². The normalized spacial score (nSPS) is 16.7. The van der Waals surface area contributed by atoms with E-state index < -0.39 is 6.10 Å². The topological polar surface area (TPSA) is 68.5 Å². The van der Waals surface area contributed by atoms with E-state index in [1.165, 1.54) is 24.3 Å². The van der Waals surface area contributed by atoms with Crippen molar-refractivity contribution in [3.8, 4) is 5.75 Å². The van der Waals surface area contributed by atoms with Gasteiger partial charge >= 0.3 is 0 Å². The van der Waals surface area contributed by atoms with Gasteiger partial charge in [-0.2, -0.15) is 4.98 Å². The van der Waals surface area contributed by atoms with E-state index in [2.05, 4.69) is 10.1 Å². The van der Waals surface area contributed by atoms with Gasteiger partial charge < -0.3 is 14.2 Å². The Morgan fingerprint density at radius 2 is 2.04 bits per heavy atom. The highest BCUT2D eigenvalue weighted by molar-refractivity contribution is 5.81. The third-order valence-electron chi connectivity index (χ3n) is 4.43. The Morgan fingerprint density at radius 3 is 2.64 bits per heavy atom. The number of rotatable bonds is 5. The second kappa shape index (κ2) is 7.63. The van der Waals surface area contributed by atoms with Crippen molar-refractivity contribution in [2.24, 2.45) is 0 Å². The summed E-state index contributed by atoms with van der Waals surface area (Å²) >= 11 is 0. The third-order valence-corrected chi connectivity index (χ3v) is 4.43. The van der Waals surface area contributed by atoms with Crippen molar-refractivity contribution in [2.75, 3.05) is 13.1 Å². The Labute approximate surface area is 146 Å². The van der Waals surface area contributed by atoms with Crippen LogP contribution in [0.2, 0.25) is 0 Å². The highest BCUT2D eigenvalue weighted by atomic mass is 19.1. The lowest BCUT2D eigenvalue weighted by Crippen LogP contribution is -2.44. The van der Waals surface area contributed by atoms with E-state index in [-0.39, 0.29) is 17.6 Å². The Hall–Kier alpha value is -2.44. The number of aryl methyl sites for hydroxylation is 1. The van der Waals surface area contributed by atoms with Gasteiger partial charge in [0.1, 0.15) is 11.6 Å². The first kappa shape index (κ1) is 17.4. The average Bonchev–Trinajstić information content (AvgIpc) is 3.12. The van der Waals surface area contributed by atoms with Crippen molar-refractivity contribution in [2.45, 2.75) is 45.1 Å². The summed E-state index contributed by atoms with van der Waals surface area (Å²) < 4.78 is 23.8. The van der Waals surface area contributed by atoms with E-state index in [0.29, 0.717) is 24.7 Å². The molecule has 1 unspecified atom stereocenters. The highest BCUT2D eigenvalue weighted by Crippen LogP contribution is 2.27. The van der Waals surface area contributed by atoms with Gasteiger partial charge in [-0.1, -0.05) is 12.1 Å². The van der Waals surface area contributed by atoms with E-state index in [0.717, 1.165) is 25.1 Å². The van der Waals surface area contributed by atoms with E-state index >= 15 is 0 Å². The zero-order chi connectivity index (χ0) is 17.8. The summed E-state index contributed by atoms with van der Waals surface area (Å²) in [6.45, 7) is 4.95. The van der Waals surface area contributed by atoms with Crippen LogP contribution in [0, 0.1) is 5.82 Å². The molecule has 2 heterocycles. The molecular weight excluding hydrogens is 325 g/mol. The van der Waals surface area contributed by atoms with E-state index in [4.69, 9.17) is 9.26 Å². The van der Waals surface area contributed by atoms with Crippen LogP contribution in [-0.4, -0.2) is 40.1 Å². The zero-order valence-electron chi connectivity index (χ0n) is 14.4. The van der Waals surface area contributed by atoms with Crippen molar-refractivity contribution in [1.29, 1.82) is 0 Å². The van der Waals surface area contributed by atoms with Gasteiger partial charge in [-0.25, -0.2) is 4.39 Å². The van der Waals surface area contributed by atoms with Crippen molar-refractivity contribution < 1.29 is 18.4 Å². The molecule has 0 saturated carbocycles. The summed E-state index contributed by atoms with van der Waals surface area (Å²) in [4.78, 5) is 18.7. The van der Waals surface area contributed by atoms with Crippen LogP contribution in [0.25, 0.3) is 0 Å². The van der Waals surface area contributed by atoms with Crippen LogP contribution in [-0.2, 0) is 11.2 Å². The number of hydrogen-bond acceptors (Lipinski definition) is 5. The largest absolute Gasteiger partial charge is 0.481 e. The van der Waals surface area contributed by atoms with Crippen molar-refractivity contribution in [1.82, 2.24) is 15.0 Å². The molecule has 1 aromatic carbocycles. The van der Waals surface area contributed by atoms with Gasteiger partial charge in [-0.05, 0) is 44.0 Å². The maximum absolute atomic E-state index is 12.9. The molecule has 1 aromatic heterocycles. The number of carbonyl (C=O) groups is 1. The minimum absolute atomic E-state index is 0.0671. The molecule has 1 aliphatic heterocycles. The fraction of sp³-hybridized carbons (Fsp3) is 0.500. The molecule has 0 aliphatic carbocycles. The van der Waals surface area contributed by atoms with Crippen molar-refractivity contribution >= 4 is 5.91 Å². The predicted molar refractivity (Wildman–Crippen MR) is 88.7 cm³/mol. The van der Waals surface area contributed by atoms with Crippen molar-refractivity contribution in [3.05, 3.63) is 41.8 Å². The number of piperidine rings is 1. The predicted octanol–water partition coefficient (Wildman–Crippen LogP) is 2.94. The Balaban J connectivity index is 1.52. The molecule has 1 amide bonds. The standard InChI is InChI=1S/C18H22FN3O3/c1-3-16-20-17(25-21-16)13-8-10-22(11-9-13)18(23)12(2)24-15-6-4-14(19)5-7-15/h4-7,12-13H,3,8-11H2,1-2H3. The number of ether oxygens (including phenoxy) is 1. The molecule has 1 aliphatic rings. The van der Waals surface area contributed by atoms with Crippen LogP contribution in [0.15, 0.2) is 28.8 Å². The number of amides is 1. The van der Waals surface area contributed by atoms with Gasteiger partial charge in [0.25, 0.3) is 5.91 Å². The lowest BCUT2D eigenvalue weighted by atomic mass is 9.96. The lowest BCUT2D eigenvalue weighted by Gasteiger charge is -2.32. The number of benzene rings is 1. The van der Waals surface area contributed by atoms with Gasteiger partial charge in [0.15, 0.2) is 11.9 Å². The van der Waals surface area contributed by atoms with Gasteiger partial charge in [0, 0.05) is 25.4 Å². The monoisotopic (exact) mass is 347 g/mol. The van der Waals surface area contributed by atoms with Gasteiger partial charge in [-0.15, -0.1) is 0 Å². The Bertz CT molecular complexity index is 709. The van der Waals surface area contributed by atoms with Gasteiger partial charge in [0.2, 0.25) is 5.89 Å². The quantitative estimate of drug-likeness (QED) is 0.832. The molecule has 1 atom stereocenters. The number of likely N-dealkylation sites (tertiary alicyclic amines) is 1. The maximum Gasteiger partial charge on any atom is 0.263 e. The summed E-state index contributed by atoms with van der Waals surface area (Å²) in [6, 6.07) is 5.67. The first-order valence-electron chi connectivity index (χ1n) is 8.60. The summed E-state index contributed by atoms with van der Waals surface area (Å²) in [6.07, 6.45) is 1.72. The van der Waals surface area contributed by atoms with Crippen LogP contribution in [0.5, 0.6) is 5.75 Å². The Kier molecular flexibility index (Phi) is 5.31. The molecule has 1 saturated heterocycles. The fourth-order valence-electron chi connectivity index (χ4n) is 2.95. The zero-order valence-corrected chi connectivity index (χ0v) is 14.4. The highest BCUT2D eigenvalue weighted by Gasteiger charge is 2.30. The number of aromatic nitrogens is 2. The van der Waals surface area contributed by atoms with Crippen molar-refractivity contribution in [3.63, 3.8) is 0 Å². The van der Waals surface area contributed by atoms with E-state index in [9.17, 15) is 9.18 Å². The minimum atomic E-state index is -0.614. The molecule has 134 valence electrons. The molecule has 0 N–H and O–H groups in total. The number of nitrogens with zero attached hydrogens (tertiary/aromatic N) is 3. The Morgan fingerprint density at radius 1 is 1.36 bits per heavy atom. The summed E-state index contributed by atoms with van der Waals surface area (Å²) in [5, 5.41) is 3.93. The maximum atomic E-state index is 12.9. The number of halogens is 1. The molecular formula is C18H22FN3O3. The second-order valence-electron chi connectivity index (χ2n) is 6.22. The lowest BCUT2D eigenvalue weighted by molar-refractivity contribution is -0.139. The smallest absolute Gasteiger partial charge is 0.263 e. The molecule has 0 spiro atoms. The first-order chi connectivity index (χ1) is 12.1. The molecule has 3 rings (SSSR count). The van der Waals surface area contributed by atoms with Crippen LogP contribution < -0.4 is 4.74 Å². The van der Waals surface area contributed by atoms with Crippen LogP contribution >= 0.6 is 0 Å². The first-order valence-corrected chi connectivity index (χ1v) is 8.60. The number of carbonyl (C=O) groups excluding carboxylic acids is 1. The van der Waals surface area contributed by atoms with Gasteiger partial charge in [-0.3, -0.25) is 4.79 Å². The number of hydrogen-bond donors (Lipinski definition) is 0. The molecule has 0 radical (unpaired) electrons. The average molecular weight is 347 g/mol. The van der Waals surface area contributed by atoms with Crippen LogP contribution in [0.4, 0.5) is 4.39 Å². The fourth-order valence-corrected chi connectivity index (χ4v) is 2.95. The third kappa shape index (κ3) is 4.15. The molecule has 2 aromatic rings. The summed E-state index contributed by atoms with van der Waals surface area (Å²) in [5.41, 5.74) is 0. The summed E-state index contributed by atoms with van der Waals surface area (Å²) in [7, 11) is 0. The van der Waals surface area contributed by atoms with Crippen LogP contribution in [0.3, 0.4) is 0 Å². The minimum Gasteiger partial charge on any atom is -0.481 e. The SMILES string of the molecule is CCc1noc(C2CCN(C(=O)C(C)Oc3ccc(F)cc3)CC2)n1. The van der Waals surface area contributed by atoms with E-state index in [1.807, 2.05) is 6.92 Å². The van der Waals surface area contributed by atoms with E-state index in [1.54, 1.807) is 11.8 Å². The molecule has 0 bridgehead atoms. The van der Waals surface area contributed by atoms with Gasteiger partial charge in [0.05, 0.1) is 0 Å². The summed E-state index contributed by atoms with van der Waals surface area (Å²) in [5.74, 6) is 1.66. The molecule has 7 heteroatoms. The molecule has 6 nitrogen and oxygen atoms in total. The molecule has 1 fully saturated rings.